The molecule has 1 aromatic rings. The Morgan fingerprint density at radius 3 is 2.77 bits per heavy atom. The second-order valence-electron chi connectivity index (χ2n) is 6.69. The highest BCUT2D eigenvalue weighted by Crippen LogP contribution is 2.34. The molecule has 1 atom stereocenters. The standard InChI is InChI=1S/C18H23N3O5/c1-24-15-2-3-16-13(10-15)11-20(17(22)19-6-8-25-9-7-19)5-4-14-12-26-18(23)21(14)16/h2-3,10,14H,4-9,11-12H2,1H3. The maximum absolute atomic E-state index is 13.0. The van der Waals surface area contributed by atoms with Crippen LogP contribution < -0.4 is 9.64 Å². The molecule has 140 valence electrons. The molecule has 8 heteroatoms. The molecule has 0 spiro atoms. The third-order valence-electron chi connectivity index (χ3n) is 5.15. The molecule has 3 heterocycles. The summed E-state index contributed by atoms with van der Waals surface area (Å²) >= 11 is 0. The topological polar surface area (TPSA) is 71.5 Å². The van der Waals surface area contributed by atoms with Crippen LogP contribution in [-0.4, -0.2) is 74.5 Å². The molecule has 2 saturated heterocycles. The molecule has 3 amide bonds. The molecule has 1 aromatic carbocycles. The van der Waals surface area contributed by atoms with E-state index >= 15 is 0 Å². The van der Waals surface area contributed by atoms with Gasteiger partial charge in [-0.15, -0.1) is 0 Å². The molecule has 8 nitrogen and oxygen atoms in total. The summed E-state index contributed by atoms with van der Waals surface area (Å²) in [4.78, 5) is 30.6. The third-order valence-corrected chi connectivity index (χ3v) is 5.15. The number of morpholine rings is 1. The average molecular weight is 361 g/mol. The molecule has 0 aliphatic carbocycles. The number of urea groups is 1. The van der Waals surface area contributed by atoms with E-state index in [0.29, 0.717) is 58.2 Å². The van der Waals surface area contributed by atoms with Crippen molar-refractivity contribution in [2.75, 3.05) is 51.5 Å². The minimum absolute atomic E-state index is 0.0146. The first-order valence-electron chi connectivity index (χ1n) is 8.92. The van der Waals surface area contributed by atoms with Gasteiger partial charge in [0.05, 0.1) is 32.1 Å². The van der Waals surface area contributed by atoms with Gasteiger partial charge in [0.2, 0.25) is 0 Å². The lowest BCUT2D eigenvalue weighted by atomic mass is 10.1. The number of methoxy groups -OCH3 is 1. The van der Waals surface area contributed by atoms with Gasteiger partial charge in [0.15, 0.2) is 0 Å². The summed E-state index contributed by atoms with van der Waals surface area (Å²) in [6.45, 7) is 3.72. The van der Waals surface area contributed by atoms with E-state index in [2.05, 4.69) is 0 Å². The molecule has 0 radical (unpaired) electrons. The van der Waals surface area contributed by atoms with Gasteiger partial charge in [0, 0.05) is 26.2 Å². The summed E-state index contributed by atoms with van der Waals surface area (Å²) in [5, 5.41) is 0. The third kappa shape index (κ3) is 3.05. The van der Waals surface area contributed by atoms with Crippen LogP contribution in [0.1, 0.15) is 12.0 Å². The first-order chi connectivity index (χ1) is 12.7. The number of cyclic esters (lactones) is 1. The van der Waals surface area contributed by atoms with Crippen LogP contribution in [0.15, 0.2) is 18.2 Å². The number of amides is 3. The van der Waals surface area contributed by atoms with Gasteiger partial charge in [-0.05, 0) is 30.2 Å². The number of nitrogens with zero attached hydrogens (tertiary/aromatic N) is 3. The van der Waals surface area contributed by atoms with Gasteiger partial charge in [-0.1, -0.05) is 0 Å². The quantitative estimate of drug-likeness (QED) is 0.761. The fourth-order valence-corrected chi connectivity index (χ4v) is 3.73. The van der Waals surface area contributed by atoms with Gasteiger partial charge in [-0.3, -0.25) is 4.90 Å². The number of ether oxygens (including phenoxy) is 3. The minimum atomic E-state index is -0.325. The van der Waals surface area contributed by atoms with Gasteiger partial charge >= 0.3 is 12.1 Å². The second-order valence-corrected chi connectivity index (χ2v) is 6.69. The smallest absolute Gasteiger partial charge is 0.414 e. The fraction of sp³-hybridized carbons (Fsp3) is 0.556. The number of fused-ring (bicyclic) bond motifs is 3. The van der Waals surface area contributed by atoms with E-state index in [9.17, 15) is 9.59 Å². The Morgan fingerprint density at radius 1 is 1.19 bits per heavy atom. The molecule has 4 rings (SSSR count). The summed E-state index contributed by atoms with van der Waals surface area (Å²) < 4.78 is 15.9. The SMILES string of the molecule is COc1ccc2c(c1)CN(C(=O)N1CCOCC1)CCC1COC(=O)N21. The minimum Gasteiger partial charge on any atom is -0.497 e. The Hall–Kier alpha value is -2.48. The van der Waals surface area contributed by atoms with E-state index in [1.165, 1.54) is 0 Å². The van der Waals surface area contributed by atoms with Crippen molar-refractivity contribution >= 4 is 17.8 Å². The summed E-state index contributed by atoms with van der Waals surface area (Å²) in [6, 6.07) is 5.55. The monoisotopic (exact) mass is 361 g/mol. The van der Waals surface area contributed by atoms with Crippen LogP contribution in [0.4, 0.5) is 15.3 Å². The van der Waals surface area contributed by atoms with Crippen LogP contribution in [0.3, 0.4) is 0 Å². The van der Waals surface area contributed by atoms with Crippen LogP contribution in [0.25, 0.3) is 0 Å². The van der Waals surface area contributed by atoms with Crippen molar-refractivity contribution in [2.45, 2.75) is 19.0 Å². The van der Waals surface area contributed by atoms with E-state index < -0.39 is 0 Å². The molecule has 1 unspecified atom stereocenters. The van der Waals surface area contributed by atoms with Crippen molar-refractivity contribution in [3.05, 3.63) is 23.8 Å². The van der Waals surface area contributed by atoms with Gasteiger partial charge in [0.1, 0.15) is 12.4 Å². The predicted octanol–water partition coefficient (Wildman–Crippen LogP) is 1.68. The molecule has 3 aliphatic heterocycles. The van der Waals surface area contributed by atoms with E-state index in [-0.39, 0.29) is 18.2 Å². The zero-order valence-electron chi connectivity index (χ0n) is 14.8. The van der Waals surface area contributed by atoms with Crippen molar-refractivity contribution in [3.63, 3.8) is 0 Å². The first-order valence-corrected chi connectivity index (χ1v) is 8.92. The van der Waals surface area contributed by atoms with Gasteiger partial charge < -0.3 is 24.0 Å². The largest absolute Gasteiger partial charge is 0.497 e. The zero-order valence-corrected chi connectivity index (χ0v) is 14.8. The summed E-state index contributed by atoms with van der Waals surface area (Å²) in [5.74, 6) is 0.701. The number of hydrogen-bond acceptors (Lipinski definition) is 5. The Morgan fingerprint density at radius 2 is 2.00 bits per heavy atom. The lowest BCUT2D eigenvalue weighted by Gasteiger charge is -2.36. The second kappa shape index (κ2) is 7.03. The van der Waals surface area contributed by atoms with Crippen LogP contribution >= 0.6 is 0 Å². The van der Waals surface area contributed by atoms with E-state index in [1.54, 1.807) is 12.0 Å². The Balaban J connectivity index is 1.65. The average Bonchev–Trinajstić information content (AvgIpc) is 3.03. The van der Waals surface area contributed by atoms with Gasteiger partial charge in [-0.25, -0.2) is 9.59 Å². The highest BCUT2D eigenvalue weighted by molar-refractivity contribution is 5.91. The van der Waals surface area contributed by atoms with Crippen molar-refractivity contribution < 1.29 is 23.8 Å². The fourth-order valence-electron chi connectivity index (χ4n) is 3.73. The number of hydrogen-bond donors (Lipinski definition) is 0. The number of rotatable bonds is 1. The molecule has 0 aromatic heterocycles. The van der Waals surface area contributed by atoms with Crippen molar-refractivity contribution in [2.24, 2.45) is 0 Å². The Kier molecular flexibility index (Phi) is 4.58. The van der Waals surface area contributed by atoms with Gasteiger partial charge in [-0.2, -0.15) is 0 Å². The van der Waals surface area contributed by atoms with Gasteiger partial charge in [0.25, 0.3) is 0 Å². The Labute approximate surface area is 152 Å². The maximum Gasteiger partial charge on any atom is 0.414 e. The summed E-state index contributed by atoms with van der Waals surface area (Å²) in [5.41, 5.74) is 1.67. The van der Waals surface area contributed by atoms with Crippen LogP contribution in [0.2, 0.25) is 0 Å². The molecular weight excluding hydrogens is 338 g/mol. The lowest BCUT2D eigenvalue weighted by molar-refractivity contribution is 0.0422. The summed E-state index contributed by atoms with van der Waals surface area (Å²) in [6.07, 6.45) is 0.363. The summed E-state index contributed by atoms with van der Waals surface area (Å²) in [7, 11) is 1.61. The van der Waals surface area contributed by atoms with E-state index in [0.717, 1.165) is 11.3 Å². The number of anilines is 1. The number of carbonyl (C=O) groups is 2. The highest BCUT2D eigenvalue weighted by atomic mass is 16.6. The molecule has 0 bridgehead atoms. The maximum atomic E-state index is 13.0. The predicted molar refractivity (Wildman–Crippen MR) is 93.4 cm³/mol. The normalized spacial score (nSPS) is 22.9. The van der Waals surface area contributed by atoms with Crippen molar-refractivity contribution in [1.82, 2.24) is 9.80 Å². The molecule has 3 aliphatic rings. The molecule has 0 N–H and O–H groups in total. The number of carbonyl (C=O) groups excluding carboxylic acids is 2. The molecule has 26 heavy (non-hydrogen) atoms. The first kappa shape index (κ1) is 17.0. The van der Waals surface area contributed by atoms with Crippen molar-refractivity contribution in [1.29, 1.82) is 0 Å². The van der Waals surface area contributed by atoms with E-state index in [4.69, 9.17) is 14.2 Å². The molecule has 0 saturated carbocycles. The van der Waals surface area contributed by atoms with Crippen LogP contribution in [0.5, 0.6) is 5.75 Å². The van der Waals surface area contributed by atoms with Crippen LogP contribution in [-0.2, 0) is 16.0 Å². The number of benzene rings is 1. The Bertz CT molecular complexity index is 704. The molecule has 2 fully saturated rings. The van der Waals surface area contributed by atoms with E-state index in [1.807, 2.05) is 28.0 Å². The zero-order chi connectivity index (χ0) is 18.1. The molecular formula is C18H23N3O5. The van der Waals surface area contributed by atoms with Crippen LogP contribution in [0, 0.1) is 0 Å². The highest BCUT2D eigenvalue weighted by Gasteiger charge is 2.38. The van der Waals surface area contributed by atoms with Crippen molar-refractivity contribution in [3.8, 4) is 5.75 Å². The lowest BCUT2D eigenvalue weighted by Crippen LogP contribution is -2.50.